The molecule has 0 fully saturated rings. The molecule has 0 spiro atoms. The van der Waals surface area contributed by atoms with Crippen LogP contribution in [0.1, 0.15) is 130 Å². The molecule has 0 rings (SSSR count). The number of hydrogen-bond donors (Lipinski definition) is 1. The monoisotopic (exact) mass is 463 g/mol. The van der Waals surface area contributed by atoms with Crippen molar-refractivity contribution >= 4 is 20.7 Å². The standard InChI is InChI=1S/C26H57NOSi.ClH/c1-7-8-9-10-11-12-13-14-15-16-17-18-19-21-25(24-26(2,3)27)22-20-23-29(5,6)28-4;/h25H,7-24,27H2,1-6H3;1H. The van der Waals surface area contributed by atoms with Crippen LogP contribution in [-0.4, -0.2) is 21.0 Å². The van der Waals surface area contributed by atoms with Crippen LogP contribution in [0, 0.1) is 5.92 Å². The Morgan fingerprint density at radius 1 is 0.733 bits per heavy atom. The zero-order chi connectivity index (χ0) is 22.0. The summed E-state index contributed by atoms with van der Waals surface area (Å²) < 4.78 is 5.72. The molecule has 4 heteroatoms. The normalized spacial score (nSPS) is 13.3. The topological polar surface area (TPSA) is 35.2 Å². The fraction of sp³-hybridized carbons (Fsp3) is 1.00. The Morgan fingerprint density at radius 3 is 1.53 bits per heavy atom. The molecule has 30 heavy (non-hydrogen) atoms. The van der Waals surface area contributed by atoms with Gasteiger partial charge in [0.25, 0.3) is 0 Å². The summed E-state index contributed by atoms with van der Waals surface area (Å²) in [7, 11) is 0.483. The second-order valence-corrected chi connectivity index (χ2v) is 15.4. The predicted molar refractivity (Wildman–Crippen MR) is 142 cm³/mol. The molecule has 184 valence electrons. The second kappa shape index (κ2) is 20.1. The highest BCUT2D eigenvalue weighted by atomic mass is 35.5. The second-order valence-electron chi connectivity index (χ2n) is 10.9. The zero-order valence-electron chi connectivity index (χ0n) is 21.7. The van der Waals surface area contributed by atoms with Crippen LogP contribution in [-0.2, 0) is 4.43 Å². The van der Waals surface area contributed by atoms with Crippen LogP contribution in [0.3, 0.4) is 0 Å². The lowest BCUT2D eigenvalue weighted by Crippen LogP contribution is -2.34. The number of hydrogen-bond acceptors (Lipinski definition) is 2. The average Bonchev–Trinajstić information content (AvgIpc) is 2.64. The van der Waals surface area contributed by atoms with E-state index < -0.39 is 8.32 Å². The minimum atomic E-state index is -1.41. The van der Waals surface area contributed by atoms with Gasteiger partial charge in [0.2, 0.25) is 0 Å². The molecule has 0 aromatic carbocycles. The fourth-order valence-electron chi connectivity index (χ4n) is 4.46. The Bertz CT molecular complexity index is 357. The number of unbranched alkanes of at least 4 members (excludes halogenated alkanes) is 12. The summed E-state index contributed by atoms with van der Waals surface area (Å²) in [5, 5.41) is 0. The Balaban J connectivity index is 0. The Morgan fingerprint density at radius 2 is 1.13 bits per heavy atom. The molecule has 0 aromatic heterocycles. The average molecular weight is 464 g/mol. The summed E-state index contributed by atoms with van der Waals surface area (Å²) in [5.41, 5.74) is 6.32. The summed E-state index contributed by atoms with van der Waals surface area (Å²) in [6.07, 6.45) is 23.8. The smallest absolute Gasteiger partial charge is 0.186 e. The van der Waals surface area contributed by atoms with Gasteiger partial charge in [0, 0.05) is 12.6 Å². The molecule has 0 radical (unpaired) electrons. The maximum Gasteiger partial charge on any atom is 0.186 e. The van der Waals surface area contributed by atoms with Gasteiger partial charge in [-0.05, 0) is 45.3 Å². The van der Waals surface area contributed by atoms with E-state index in [0.29, 0.717) is 0 Å². The van der Waals surface area contributed by atoms with Gasteiger partial charge >= 0.3 is 0 Å². The van der Waals surface area contributed by atoms with Crippen molar-refractivity contribution in [3.63, 3.8) is 0 Å². The van der Waals surface area contributed by atoms with E-state index in [1.165, 1.54) is 115 Å². The number of halogens is 1. The minimum Gasteiger partial charge on any atom is -0.420 e. The lowest BCUT2D eigenvalue weighted by atomic mass is 9.85. The number of rotatable bonds is 21. The van der Waals surface area contributed by atoms with Gasteiger partial charge in [-0.1, -0.05) is 110 Å². The molecule has 1 unspecified atom stereocenters. The van der Waals surface area contributed by atoms with Crippen molar-refractivity contribution in [3.8, 4) is 0 Å². The van der Waals surface area contributed by atoms with Crippen molar-refractivity contribution in [2.45, 2.75) is 155 Å². The van der Waals surface area contributed by atoms with Crippen LogP contribution in [0.4, 0.5) is 0 Å². The first-order valence-electron chi connectivity index (χ1n) is 13.0. The first-order chi connectivity index (χ1) is 13.7. The summed E-state index contributed by atoms with van der Waals surface area (Å²) in [5.74, 6) is 0.796. The molecular weight excluding hydrogens is 406 g/mol. The quantitative estimate of drug-likeness (QED) is 0.136. The Hall–Kier alpha value is 0.427. The lowest BCUT2D eigenvalue weighted by molar-refractivity contribution is 0.313. The van der Waals surface area contributed by atoms with Crippen LogP contribution in [0.2, 0.25) is 19.1 Å². The molecule has 0 aliphatic rings. The van der Waals surface area contributed by atoms with Gasteiger partial charge in [0.15, 0.2) is 8.32 Å². The molecule has 0 saturated carbocycles. The van der Waals surface area contributed by atoms with E-state index in [1.54, 1.807) is 0 Å². The summed E-state index contributed by atoms with van der Waals surface area (Å²) in [6.45, 7) is 11.3. The highest BCUT2D eigenvalue weighted by Gasteiger charge is 2.23. The fourth-order valence-corrected chi connectivity index (χ4v) is 5.72. The number of nitrogens with two attached hydrogens (primary N) is 1. The summed E-state index contributed by atoms with van der Waals surface area (Å²) in [4.78, 5) is 0. The highest BCUT2D eigenvalue weighted by Crippen LogP contribution is 2.27. The predicted octanol–water partition coefficient (Wildman–Crippen LogP) is 9.26. The van der Waals surface area contributed by atoms with Crippen molar-refractivity contribution in [1.29, 1.82) is 0 Å². The third kappa shape index (κ3) is 23.1. The van der Waals surface area contributed by atoms with Gasteiger partial charge in [-0.25, -0.2) is 0 Å². The molecule has 2 nitrogen and oxygen atoms in total. The van der Waals surface area contributed by atoms with Gasteiger partial charge in [0.1, 0.15) is 0 Å². The maximum absolute atomic E-state index is 6.35. The molecule has 0 saturated heterocycles. The van der Waals surface area contributed by atoms with Crippen LogP contribution in [0.5, 0.6) is 0 Å². The molecule has 0 aliphatic heterocycles. The molecule has 0 heterocycles. The third-order valence-corrected chi connectivity index (χ3v) is 9.14. The van der Waals surface area contributed by atoms with E-state index in [0.717, 1.165) is 5.92 Å². The van der Waals surface area contributed by atoms with Gasteiger partial charge < -0.3 is 10.2 Å². The van der Waals surface area contributed by atoms with Crippen molar-refractivity contribution in [2.75, 3.05) is 7.11 Å². The van der Waals surface area contributed by atoms with E-state index in [4.69, 9.17) is 10.2 Å². The van der Waals surface area contributed by atoms with Crippen molar-refractivity contribution < 1.29 is 4.43 Å². The van der Waals surface area contributed by atoms with E-state index in [9.17, 15) is 0 Å². The van der Waals surface area contributed by atoms with Crippen molar-refractivity contribution in [2.24, 2.45) is 11.7 Å². The minimum absolute atomic E-state index is 0. The Labute approximate surface area is 198 Å². The van der Waals surface area contributed by atoms with E-state index in [2.05, 4.69) is 33.9 Å². The zero-order valence-corrected chi connectivity index (χ0v) is 23.5. The van der Waals surface area contributed by atoms with Crippen LogP contribution < -0.4 is 5.73 Å². The first-order valence-corrected chi connectivity index (χ1v) is 16.2. The summed E-state index contributed by atoms with van der Waals surface area (Å²) >= 11 is 0. The SMILES string of the molecule is CCCCCCCCCCCCCCCC(CCC[Si](C)(C)OC)CC(C)(C)N.Cl. The van der Waals surface area contributed by atoms with Gasteiger partial charge in [0.05, 0.1) is 0 Å². The van der Waals surface area contributed by atoms with Crippen molar-refractivity contribution in [1.82, 2.24) is 0 Å². The molecule has 2 N–H and O–H groups in total. The molecular formula is C26H58ClNOSi. The van der Waals surface area contributed by atoms with Gasteiger partial charge in [-0.15, -0.1) is 12.4 Å². The lowest BCUT2D eigenvalue weighted by Gasteiger charge is -2.27. The van der Waals surface area contributed by atoms with E-state index >= 15 is 0 Å². The van der Waals surface area contributed by atoms with Crippen molar-refractivity contribution in [3.05, 3.63) is 0 Å². The third-order valence-electron chi connectivity index (χ3n) is 6.47. The first kappa shape index (κ1) is 32.6. The molecule has 0 amide bonds. The Kier molecular flexibility index (Phi) is 21.8. The molecule has 0 aliphatic carbocycles. The molecule has 1 atom stereocenters. The molecule has 0 aromatic rings. The maximum atomic E-state index is 6.35. The van der Waals surface area contributed by atoms with Gasteiger partial charge in [-0.3, -0.25) is 0 Å². The van der Waals surface area contributed by atoms with Crippen LogP contribution in [0.25, 0.3) is 0 Å². The summed E-state index contributed by atoms with van der Waals surface area (Å²) in [6, 6.07) is 1.28. The van der Waals surface area contributed by atoms with Crippen LogP contribution >= 0.6 is 12.4 Å². The van der Waals surface area contributed by atoms with Gasteiger partial charge in [-0.2, -0.15) is 0 Å². The van der Waals surface area contributed by atoms with E-state index in [-0.39, 0.29) is 17.9 Å². The van der Waals surface area contributed by atoms with Crippen LogP contribution in [0.15, 0.2) is 0 Å². The molecule has 0 bridgehead atoms. The van der Waals surface area contributed by atoms with E-state index in [1.807, 2.05) is 7.11 Å². The highest BCUT2D eigenvalue weighted by molar-refractivity contribution is 6.71. The largest absolute Gasteiger partial charge is 0.420 e.